The SMILES string of the molecule is CC(C)[C@H](NC(=O)C(Cc1ccccc1)N(C)C(=O)COc1cccc(Cl)c1)C(=O)C(F)(F)F. The normalized spacial score (nSPS) is 13.2. The van der Waals surface area contributed by atoms with Crippen LogP contribution in [0.5, 0.6) is 5.75 Å². The maximum absolute atomic E-state index is 13.1. The topological polar surface area (TPSA) is 75.7 Å². The number of benzene rings is 2. The third-order valence-corrected chi connectivity index (χ3v) is 5.36. The van der Waals surface area contributed by atoms with Crippen LogP contribution in [-0.4, -0.2) is 54.4 Å². The predicted molar refractivity (Wildman–Crippen MR) is 121 cm³/mol. The van der Waals surface area contributed by atoms with Crippen molar-refractivity contribution >= 4 is 29.2 Å². The van der Waals surface area contributed by atoms with Gasteiger partial charge in [-0.15, -0.1) is 0 Å². The fourth-order valence-electron chi connectivity index (χ4n) is 3.18. The molecule has 0 aliphatic heterocycles. The number of nitrogens with one attached hydrogen (secondary N) is 1. The number of carbonyl (C=O) groups excluding carboxylic acids is 3. The molecule has 0 heterocycles. The predicted octanol–water partition coefficient (Wildman–Crippen LogP) is 4.06. The van der Waals surface area contributed by atoms with Gasteiger partial charge in [0.05, 0.1) is 6.04 Å². The van der Waals surface area contributed by atoms with Gasteiger partial charge < -0.3 is 15.0 Å². The first-order valence-electron chi connectivity index (χ1n) is 10.5. The molecule has 0 aliphatic carbocycles. The Balaban J connectivity index is 2.22. The molecule has 2 amide bonds. The fraction of sp³-hybridized carbons (Fsp3) is 0.375. The minimum Gasteiger partial charge on any atom is -0.484 e. The molecular weight excluding hydrogens is 473 g/mol. The van der Waals surface area contributed by atoms with Crippen LogP contribution in [0.15, 0.2) is 54.6 Å². The summed E-state index contributed by atoms with van der Waals surface area (Å²) in [6.45, 7) is 2.37. The smallest absolute Gasteiger partial charge is 0.452 e. The highest BCUT2D eigenvalue weighted by atomic mass is 35.5. The highest BCUT2D eigenvalue weighted by Gasteiger charge is 2.45. The zero-order valence-corrected chi connectivity index (χ0v) is 19.7. The summed E-state index contributed by atoms with van der Waals surface area (Å²) < 4.78 is 44.6. The summed E-state index contributed by atoms with van der Waals surface area (Å²) >= 11 is 5.90. The van der Waals surface area contributed by atoms with Crippen LogP contribution in [0.4, 0.5) is 13.2 Å². The van der Waals surface area contributed by atoms with Crippen molar-refractivity contribution in [1.29, 1.82) is 0 Å². The second kappa shape index (κ2) is 11.9. The number of halogens is 4. The Labute approximate surface area is 201 Å². The number of ketones is 1. The number of hydrogen-bond donors (Lipinski definition) is 1. The van der Waals surface area contributed by atoms with Crippen molar-refractivity contribution in [3.63, 3.8) is 0 Å². The van der Waals surface area contributed by atoms with E-state index in [1.165, 1.54) is 27.0 Å². The molecule has 6 nitrogen and oxygen atoms in total. The quantitative estimate of drug-likeness (QED) is 0.536. The number of hydrogen-bond acceptors (Lipinski definition) is 4. The van der Waals surface area contributed by atoms with E-state index in [0.29, 0.717) is 16.3 Å². The lowest BCUT2D eigenvalue weighted by molar-refractivity contribution is -0.175. The van der Waals surface area contributed by atoms with Crippen LogP contribution in [0.25, 0.3) is 0 Å². The van der Waals surface area contributed by atoms with Gasteiger partial charge in [-0.2, -0.15) is 13.2 Å². The molecule has 0 saturated heterocycles. The summed E-state index contributed by atoms with van der Waals surface area (Å²) in [7, 11) is 1.35. The first-order valence-corrected chi connectivity index (χ1v) is 10.9. The number of likely N-dealkylation sites (N-methyl/N-ethyl adjacent to an activating group) is 1. The minimum absolute atomic E-state index is 0.0249. The summed E-state index contributed by atoms with van der Waals surface area (Å²) in [6, 6.07) is 12.1. The number of Topliss-reactive ketones (excluding diaryl/α,β-unsaturated/α-hetero) is 1. The highest BCUT2D eigenvalue weighted by Crippen LogP contribution is 2.22. The average Bonchev–Trinajstić information content (AvgIpc) is 2.78. The molecule has 0 aromatic heterocycles. The molecule has 2 rings (SSSR count). The van der Waals surface area contributed by atoms with Crippen molar-refractivity contribution in [1.82, 2.24) is 10.2 Å². The van der Waals surface area contributed by atoms with E-state index >= 15 is 0 Å². The van der Waals surface area contributed by atoms with Gasteiger partial charge in [0, 0.05) is 18.5 Å². The third kappa shape index (κ3) is 7.76. The second-order valence-electron chi connectivity index (χ2n) is 8.05. The lowest BCUT2D eigenvalue weighted by Crippen LogP contribution is -2.56. The van der Waals surface area contributed by atoms with E-state index in [-0.39, 0.29) is 6.42 Å². The molecule has 0 saturated carbocycles. The summed E-state index contributed by atoms with van der Waals surface area (Å²) in [5.74, 6) is -3.98. The standard InChI is InChI=1S/C24H26ClF3N2O4/c1-15(2)21(22(32)24(26,27)28)29-23(33)19(12-16-8-5-4-6-9-16)30(3)20(31)14-34-18-11-7-10-17(25)13-18/h4-11,13,15,19,21H,12,14H2,1-3H3,(H,29,33)/t19?,21-/m0/s1. The molecule has 1 unspecified atom stereocenters. The van der Waals surface area contributed by atoms with E-state index < -0.39 is 48.4 Å². The Hall–Kier alpha value is -3.07. The largest absolute Gasteiger partial charge is 0.484 e. The maximum Gasteiger partial charge on any atom is 0.452 e. The summed E-state index contributed by atoms with van der Waals surface area (Å²) in [4.78, 5) is 38.8. The fourth-order valence-corrected chi connectivity index (χ4v) is 3.36. The van der Waals surface area contributed by atoms with E-state index in [1.807, 2.05) is 0 Å². The molecule has 10 heteroatoms. The molecule has 0 bridgehead atoms. The van der Waals surface area contributed by atoms with Crippen LogP contribution in [-0.2, 0) is 20.8 Å². The van der Waals surface area contributed by atoms with Crippen LogP contribution < -0.4 is 10.1 Å². The molecule has 1 N–H and O–H groups in total. The average molecular weight is 499 g/mol. The molecule has 2 aromatic rings. The molecule has 0 fully saturated rings. The number of amides is 2. The molecule has 2 atom stereocenters. The monoisotopic (exact) mass is 498 g/mol. The Bertz CT molecular complexity index is 999. The molecule has 34 heavy (non-hydrogen) atoms. The molecule has 184 valence electrons. The summed E-state index contributed by atoms with van der Waals surface area (Å²) in [5, 5.41) is 2.61. The van der Waals surface area contributed by atoms with E-state index in [2.05, 4.69) is 5.32 Å². The van der Waals surface area contributed by atoms with Crippen LogP contribution in [0.3, 0.4) is 0 Å². The molecule has 2 aromatic carbocycles. The molecule has 0 spiro atoms. The Kier molecular flexibility index (Phi) is 9.49. The van der Waals surface area contributed by atoms with Gasteiger partial charge in [0.2, 0.25) is 5.91 Å². The van der Waals surface area contributed by atoms with E-state index in [4.69, 9.17) is 16.3 Å². The van der Waals surface area contributed by atoms with Crippen molar-refractivity contribution < 1.29 is 32.3 Å². The van der Waals surface area contributed by atoms with Crippen LogP contribution in [0.2, 0.25) is 5.02 Å². The van der Waals surface area contributed by atoms with Crippen LogP contribution in [0.1, 0.15) is 19.4 Å². The van der Waals surface area contributed by atoms with Gasteiger partial charge in [0.15, 0.2) is 6.61 Å². The van der Waals surface area contributed by atoms with Gasteiger partial charge in [0.25, 0.3) is 11.7 Å². The van der Waals surface area contributed by atoms with Crippen molar-refractivity contribution in [2.24, 2.45) is 5.92 Å². The van der Waals surface area contributed by atoms with E-state index in [9.17, 15) is 27.6 Å². The number of carbonyl (C=O) groups is 3. The maximum atomic E-state index is 13.1. The zero-order chi connectivity index (χ0) is 25.5. The van der Waals surface area contributed by atoms with E-state index in [0.717, 1.165) is 4.90 Å². The lowest BCUT2D eigenvalue weighted by atomic mass is 9.97. The van der Waals surface area contributed by atoms with E-state index in [1.54, 1.807) is 48.5 Å². The minimum atomic E-state index is -5.11. The number of nitrogens with zero attached hydrogens (tertiary/aromatic N) is 1. The van der Waals surface area contributed by atoms with Crippen LogP contribution >= 0.6 is 11.6 Å². The first-order chi connectivity index (χ1) is 15.9. The number of alkyl halides is 3. The zero-order valence-electron chi connectivity index (χ0n) is 18.9. The second-order valence-corrected chi connectivity index (χ2v) is 8.48. The highest BCUT2D eigenvalue weighted by molar-refractivity contribution is 6.30. The molecular formula is C24H26ClF3N2O4. The lowest BCUT2D eigenvalue weighted by Gasteiger charge is -2.30. The molecule has 0 radical (unpaired) electrons. The van der Waals surface area contributed by atoms with Gasteiger partial charge in [-0.1, -0.05) is 61.8 Å². The van der Waals surface area contributed by atoms with Crippen molar-refractivity contribution in [2.45, 2.75) is 38.5 Å². The Morgan fingerprint density at radius 1 is 1.06 bits per heavy atom. The summed E-state index contributed by atoms with van der Waals surface area (Å²) in [5.41, 5.74) is 0.682. The van der Waals surface area contributed by atoms with Gasteiger partial charge >= 0.3 is 6.18 Å². The summed E-state index contributed by atoms with van der Waals surface area (Å²) in [6.07, 6.45) is -5.08. The Morgan fingerprint density at radius 2 is 1.71 bits per heavy atom. The van der Waals surface area contributed by atoms with Crippen LogP contribution in [0, 0.1) is 5.92 Å². The third-order valence-electron chi connectivity index (χ3n) is 5.12. The van der Waals surface area contributed by atoms with Gasteiger partial charge in [-0.3, -0.25) is 14.4 Å². The van der Waals surface area contributed by atoms with Crippen molar-refractivity contribution in [3.05, 3.63) is 65.2 Å². The van der Waals surface area contributed by atoms with Crippen molar-refractivity contribution in [3.8, 4) is 5.75 Å². The van der Waals surface area contributed by atoms with Gasteiger partial charge in [0.1, 0.15) is 11.8 Å². The molecule has 0 aliphatic rings. The number of ether oxygens (including phenoxy) is 1. The van der Waals surface area contributed by atoms with Gasteiger partial charge in [-0.05, 0) is 29.7 Å². The first kappa shape index (κ1) is 27.2. The Morgan fingerprint density at radius 3 is 2.26 bits per heavy atom. The van der Waals surface area contributed by atoms with Gasteiger partial charge in [-0.25, -0.2) is 0 Å². The van der Waals surface area contributed by atoms with Crippen molar-refractivity contribution in [2.75, 3.05) is 13.7 Å². The number of rotatable bonds is 10.